The molecule has 3 fully saturated rings. The van der Waals surface area contributed by atoms with E-state index in [2.05, 4.69) is 16.0 Å². The lowest BCUT2D eigenvalue weighted by atomic mass is 9.89. The minimum absolute atomic E-state index is 0.00261. The average Bonchev–Trinajstić information content (AvgIpc) is 3.58. The van der Waals surface area contributed by atoms with E-state index in [1.807, 2.05) is 49.4 Å². The maximum Gasteiger partial charge on any atom is 0.263 e. The predicted molar refractivity (Wildman–Crippen MR) is 142 cm³/mol. The lowest BCUT2D eigenvalue weighted by Crippen LogP contribution is -2.63. The van der Waals surface area contributed by atoms with Crippen LogP contribution >= 0.6 is 11.6 Å². The lowest BCUT2D eigenvalue weighted by molar-refractivity contribution is -0.144. The molecule has 2 aromatic carbocycles. The molecule has 2 saturated heterocycles. The van der Waals surface area contributed by atoms with Gasteiger partial charge in [0.05, 0.1) is 26.3 Å². The van der Waals surface area contributed by atoms with Crippen LogP contribution in [0, 0.1) is 5.92 Å². The number of ether oxygens (including phenoxy) is 2. The smallest absolute Gasteiger partial charge is 0.263 e. The highest BCUT2D eigenvalue weighted by Gasteiger charge is 2.55. The molecular weight excluding hydrogens is 492 g/mol. The highest BCUT2D eigenvalue weighted by Crippen LogP contribution is 2.44. The molecule has 3 N–H and O–H groups in total. The van der Waals surface area contributed by atoms with Gasteiger partial charge in [-0.3, -0.25) is 20.2 Å². The van der Waals surface area contributed by atoms with Crippen LogP contribution in [0.25, 0.3) is 0 Å². The number of carbonyl (C=O) groups excluding carboxylic acids is 2. The largest absolute Gasteiger partial charge is 0.497 e. The van der Waals surface area contributed by atoms with Gasteiger partial charge in [0.25, 0.3) is 5.91 Å². The van der Waals surface area contributed by atoms with Gasteiger partial charge in [-0.15, -0.1) is 0 Å². The highest BCUT2D eigenvalue weighted by atomic mass is 35.5. The molecule has 9 heteroatoms. The number of hydrogen-bond donors (Lipinski definition) is 3. The Hall–Kier alpha value is -2.81. The molecule has 8 nitrogen and oxygen atoms in total. The topological polar surface area (TPSA) is 91.9 Å². The molecule has 3 aliphatic rings. The molecule has 0 spiro atoms. The van der Waals surface area contributed by atoms with Crippen LogP contribution in [0.1, 0.15) is 49.8 Å². The van der Waals surface area contributed by atoms with Crippen LogP contribution in [0.4, 0.5) is 0 Å². The van der Waals surface area contributed by atoms with E-state index in [1.165, 1.54) is 12.8 Å². The molecule has 0 aromatic heterocycles. The standard InChI is InChI=1S/C28H35ClN4O4/c1-3-37-23-16-21(36-2)12-13-22(23)28(27(35)33-15-14-30-24(34)17-33)31-25(18-6-4-5-7-18)26(32-28)19-8-10-20(29)11-9-19/h8-13,16,18,25-26,31-32H,3-7,14-15,17H2,1-2H3,(H,30,34). The molecule has 1 saturated carbocycles. The number of hydrogen-bond acceptors (Lipinski definition) is 6. The normalized spacial score (nSPS) is 26.2. The van der Waals surface area contributed by atoms with Gasteiger partial charge in [0, 0.05) is 35.8 Å². The molecule has 1 aliphatic carbocycles. The summed E-state index contributed by atoms with van der Waals surface area (Å²) in [5.74, 6) is 1.27. The summed E-state index contributed by atoms with van der Waals surface area (Å²) < 4.78 is 11.5. The number of amides is 2. The van der Waals surface area contributed by atoms with Crippen LogP contribution in [-0.2, 0) is 15.3 Å². The van der Waals surface area contributed by atoms with Gasteiger partial charge in [0.15, 0.2) is 5.66 Å². The van der Waals surface area contributed by atoms with Crippen LogP contribution in [0.2, 0.25) is 5.02 Å². The first-order chi connectivity index (χ1) is 17.9. The first-order valence-corrected chi connectivity index (χ1v) is 13.5. The molecule has 2 aliphatic heterocycles. The minimum atomic E-state index is -1.29. The van der Waals surface area contributed by atoms with Crippen molar-refractivity contribution in [3.63, 3.8) is 0 Å². The van der Waals surface area contributed by atoms with Gasteiger partial charge in [-0.1, -0.05) is 36.6 Å². The van der Waals surface area contributed by atoms with Crippen LogP contribution < -0.4 is 25.4 Å². The summed E-state index contributed by atoms with van der Waals surface area (Å²) >= 11 is 6.22. The van der Waals surface area contributed by atoms with Crippen LogP contribution in [0.5, 0.6) is 11.5 Å². The summed E-state index contributed by atoms with van der Waals surface area (Å²) in [7, 11) is 1.61. The second kappa shape index (κ2) is 10.9. The number of rotatable bonds is 7. The van der Waals surface area contributed by atoms with Crippen molar-refractivity contribution in [2.75, 3.05) is 33.4 Å². The first kappa shape index (κ1) is 25.8. The maximum atomic E-state index is 14.5. The zero-order chi connectivity index (χ0) is 26.0. The fraction of sp³-hybridized carbons (Fsp3) is 0.500. The van der Waals surface area contributed by atoms with Crippen molar-refractivity contribution in [1.29, 1.82) is 0 Å². The molecule has 3 atom stereocenters. The Morgan fingerprint density at radius 3 is 2.57 bits per heavy atom. The minimum Gasteiger partial charge on any atom is -0.497 e. The Morgan fingerprint density at radius 2 is 1.89 bits per heavy atom. The monoisotopic (exact) mass is 526 g/mol. The molecule has 2 heterocycles. The fourth-order valence-corrected chi connectivity index (χ4v) is 6.15. The van der Waals surface area contributed by atoms with E-state index in [0.29, 0.717) is 47.7 Å². The third-order valence-electron chi connectivity index (χ3n) is 7.79. The molecule has 3 unspecified atom stereocenters. The van der Waals surface area contributed by atoms with Crippen molar-refractivity contribution in [3.05, 3.63) is 58.6 Å². The second-order valence-corrected chi connectivity index (χ2v) is 10.4. The van der Waals surface area contributed by atoms with Gasteiger partial charge in [-0.05, 0) is 55.5 Å². The fourth-order valence-electron chi connectivity index (χ4n) is 6.02. The van der Waals surface area contributed by atoms with Crippen LogP contribution in [0.15, 0.2) is 42.5 Å². The average molecular weight is 527 g/mol. The van der Waals surface area contributed by atoms with E-state index >= 15 is 0 Å². The van der Waals surface area contributed by atoms with Gasteiger partial charge in [-0.2, -0.15) is 0 Å². The number of carbonyl (C=O) groups is 2. The Kier molecular flexibility index (Phi) is 7.60. The summed E-state index contributed by atoms with van der Waals surface area (Å²) in [6.07, 6.45) is 4.55. The van der Waals surface area contributed by atoms with Crippen molar-refractivity contribution in [2.45, 2.75) is 50.4 Å². The number of halogens is 1. The maximum absolute atomic E-state index is 14.5. The zero-order valence-electron chi connectivity index (χ0n) is 21.4. The van der Waals surface area contributed by atoms with Gasteiger partial charge in [0.2, 0.25) is 5.91 Å². The Labute approximate surface area is 223 Å². The lowest BCUT2D eigenvalue weighted by Gasteiger charge is -2.38. The Balaban J connectivity index is 1.64. The first-order valence-electron chi connectivity index (χ1n) is 13.1. The van der Waals surface area contributed by atoms with E-state index < -0.39 is 5.66 Å². The van der Waals surface area contributed by atoms with Crippen molar-refractivity contribution >= 4 is 23.4 Å². The third-order valence-corrected chi connectivity index (χ3v) is 8.04. The summed E-state index contributed by atoms with van der Waals surface area (Å²) in [4.78, 5) is 28.4. The second-order valence-electron chi connectivity index (χ2n) is 10.0. The van der Waals surface area contributed by atoms with E-state index in [1.54, 1.807) is 12.0 Å². The van der Waals surface area contributed by atoms with E-state index in [-0.39, 0.29) is 30.4 Å². The van der Waals surface area contributed by atoms with Crippen molar-refractivity contribution in [2.24, 2.45) is 5.92 Å². The highest BCUT2D eigenvalue weighted by molar-refractivity contribution is 6.30. The van der Waals surface area contributed by atoms with Crippen molar-refractivity contribution in [1.82, 2.24) is 20.9 Å². The summed E-state index contributed by atoms with van der Waals surface area (Å²) in [6.45, 7) is 3.23. The SMILES string of the molecule is CCOc1cc(OC)ccc1C1(C(=O)N2CCNC(=O)C2)NC(c2ccc(Cl)cc2)C(C2CCCC2)N1. The quantitative estimate of drug-likeness (QED) is 0.512. The van der Waals surface area contributed by atoms with E-state index in [0.717, 1.165) is 18.4 Å². The van der Waals surface area contributed by atoms with Crippen molar-refractivity contribution in [3.8, 4) is 11.5 Å². The molecule has 0 bridgehead atoms. The number of benzene rings is 2. The van der Waals surface area contributed by atoms with Gasteiger partial charge in [0.1, 0.15) is 11.5 Å². The molecule has 5 rings (SSSR count). The molecule has 2 amide bonds. The molecular formula is C28H35ClN4O4. The number of piperazine rings is 1. The molecule has 37 heavy (non-hydrogen) atoms. The number of nitrogens with zero attached hydrogens (tertiary/aromatic N) is 1. The summed E-state index contributed by atoms with van der Waals surface area (Å²) in [6, 6.07) is 13.2. The predicted octanol–water partition coefficient (Wildman–Crippen LogP) is 3.35. The summed E-state index contributed by atoms with van der Waals surface area (Å²) in [5, 5.41) is 11.0. The van der Waals surface area contributed by atoms with Gasteiger partial charge in [-0.25, -0.2) is 0 Å². The van der Waals surface area contributed by atoms with Gasteiger partial charge >= 0.3 is 0 Å². The third kappa shape index (κ3) is 5.02. The van der Waals surface area contributed by atoms with E-state index in [4.69, 9.17) is 21.1 Å². The van der Waals surface area contributed by atoms with Crippen LogP contribution in [-0.4, -0.2) is 56.1 Å². The zero-order valence-corrected chi connectivity index (χ0v) is 22.1. The molecule has 2 aromatic rings. The number of nitrogens with one attached hydrogen (secondary N) is 3. The van der Waals surface area contributed by atoms with Crippen molar-refractivity contribution < 1.29 is 19.1 Å². The molecule has 0 radical (unpaired) electrons. The van der Waals surface area contributed by atoms with E-state index in [9.17, 15) is 9.59 Å². The number of methoxy groups -OCH3 is 1. The molecule has 198 valence electrons. The van der Waals surface area contributed by atoms with Crippen LogP contribution in [0.3, 0.4) is 0 Å². The summed E-state index contributed by atoms with van der Waals surface area (Å²) in [5.41, 5.74) is 0.461. The Bertz CT molecular complexity index is 1140. The Morgan fingerprint density at radius 1 is 1.14 bits per heavy atom. The van der Waals surface area contributed by atoms with Gasteiger partial charge < -0.3 is 19.7 Å².